The lowest BCUT2D eigenvalue weighted by Crippen LogP contribution is -2.23. The molecule has 1 fully saturated rings. The minimum atomic E-state index is -2.80. The normalized spacial score (nSPS) is 21.5. The summed E-state index contributed by atoms with van der Waals surface area (Å²) in [7, 11) is -1.17. The highest BCUT2D eigenvalue weighted by atomic mass is 35.5. The minimum absolute atomic E-state index is 0.218. The first kappa shape index (κ1) is 14.6. The van der Waals surface area contributed by atoms with Crippen LogP contribution in [0.4, 0.5) is 0 Å². The zero-order chi connectivity index (χ0) is 13.9. The summed E-state index contributed by atoms with van der Waals surface area (Å²) in [6.45, 7) is 1.33. The van der Waals surface area contributed by atoms with Crippen molar-refractivity contribution < 1.29 is 13.2 Å². The van der Waals surface area contributed by atoms with Crippen LogP contribution in [0.25, 0.3) is 0 Å². The van der Waals surface area contributed by atoms with E-state index in [2.05, 4.69) is 5.32 Å². The van der Waals surface area contributed by atoms with Crippen molar-refractivity contribution in [3.63, 3.8) is 0 Å². The molecule has 1 heterocycles. The van der Waals surface area contributed by atoms with Crippen LogP contribution in [0.3, 0.4) is 0 Å². The van der Waals surface area contributed by atoms with Gasteiger partial charge < -0.3 is 10.1 Å². The van der Waals surface area contributed by atoms with E-state index in [9.17, 15) is 8.42 Å². The van der Waals surface area contributed by atoms with Gasteiger partial charge in [-0.15, -0.1) is 0 Å². The van der Waals surface area contributed by atoms with E-state index in [-0.39, 0.29) is 5.92 Å². The summed E-state index contributed by atoms with van der Waals surface area (Å²) in [5, 5.41) is 3.95. The molecule has 1 aliphatic rings. The number of rotatable bonds is 5. The molecule has 106 valence electrons. The Morgan fingerprint density at radius 1 is 1.47 bits per heavy atom. The van der Waals surface area contributed by atoms with Crippen LogP contribution in [0.2, 0.25) is 5.02 Å². The number of hydrogen-bond acceptors (Lipinski definition) is 4. The molecule has 1 N–H and O–H groups in total. The Labute approximate surface area is 119 Å². The molecule has 1 aromatic rings. The van der Waals surface area contributed by atoms with E-state index in [0.717, 1.165) is 17.7 Å². The number of nitrogens with one attached hydrogen (secondary N) is 1. The predicted molar refractivity (Wildman–Crippen MR) is 76.5 cm³/mol. The van der Waals surface area contributed by atoms with E-state index in [1.54, 1.807) is 13.2 Å². The largest absolute Gasteiger partial charge is 0.496 e. The van der Waals surface area contributed by atoms with Gasteiger partial charge in [0.15, 0.2) is 9.84 Å². The minimum Gasteiger partial charge on any atom is -0.496 e. The zero-order valence-corrected chi connectivity index (χ0v) is 12.4. The van der Waals surface area contributed by atoms with Crippen LogP contribution < -0.4 is 10.1 Å². The number of ether oxygens (including phenoxy) is 1. The molecule has 0 aliphatic carbocycles. The van der Waals surface area contributed by atoms with Gasteiger partial charge in [0.25, 0.3) is 0 Å². The topological polar surface area (TPSA) is 55.4 Å². The van der Waals surface area contributed by atoms with Gasteiger partial charge in [0, 0.05) is 17.1 Å². The molecular weight excluding hydrogens is 286 g/mol. The number of methoxy groups -OCH3 is 1. The van der Waals surface area contributed by atoms with Crippen LogP contribution in [0.1, 0.15) is 12.0 Å². The fourth-order valence-electron chi connectivity index (χ4n) is 2.33. The highest BCUT2D eigenvalue weighted by molar-refractivity contribution is 7.91. The molecule has 0 spiro atoms. The lowest BCUT2D eigenvalue weighted by atomic mass is 10.1. The maximum absolute atomic E-state index is 11.4. The van der Waals surface area contributed by atoms with E-state index < -0.39 is 9.84 Å². The summed E-state index contributed by atoms with van der Waals surface area (Å²) in [6.07, 6.45) is 0.752. The van der Waals surface area contributed by atoms with E-state index >= 15 is 0 Å². The summed E-state index contributed by atoms with van der Waals surface area (Å²) in [5.74, 6) is 1.62. The Kier molecular flexibility index (Phi) is 4.71. The molecular formula is C13H18ClNO3S. The second kappa shape index (κ2) is 6.11. The van der Waals surface area contributed by atoms with Crippen molar-refractivity contribution >= 4 is 21.4 Å². The average molecular weight is 304 g/mol. The Morgan fingerprint density at radius 3 is 2.89 bits per heavy atom. The van der Waals surface area contributed by atoms with Crippen molar-refractivity contribution in [2.24, 2.45) is 5.92 Å². The molecule has 0 bridgehead atoms. The lowest BCUT2D eigenvalue weighted by molar-refractivity contribution is 0.406. The molecule has 1 unspecified atom stereocenters. The summed E-state index contributed by atoms with van der Waals surface area (Å²) in [4.78, 5) is 0. The van der Waals surface area contributed by atoms with Crippen LogP contribution in [0, 0.1) is 5.92 Å². The molecule has 0 radical (unpaired) electrons. The molecule has 0 amide bonds. The van der Waals surface area contributed by atoms with Crippen LogP contribution in [0.5, 0.6) is 5.75 Å². The predicted octanol–water partition coefficient (Wildman–Crippen LogP) is 1.87. The Bertz CT molecular complexity index is 545. The van der Waals surface area contributed by atoms with Crippen LogP contribution in [-0.4, -0.2) is 33.6 Å². The van der Waals surface area contributed by atoms with E-state index in [1.165, 1.54) is 0 Å². The highest BCUT2D eigenvalue weighted by Crippen LogP contribution is 2.23. The van der Waals surface area contributed by atoms with Crippen LogP contribution in [-0.2, 0) is 16.4 Å². The molecule has 1 aromatic carbocycles. The van der Waals surface area contributed by atoms with Gasteiger partial charge in [0.1, 0.15) is 5.75 Å². The molecule has 19 heavy (non-hydrogen) atoms. The van der Waals surface area contributed by atoms with Gasteiger partial charge in [0.05, 0.1) is 18.6 Å². The second-order valence-electron chi connectivity index (χ2n) is 4.86. The summed E-state index contributed by atoms with van der Waals surface area (Å²) in [5.41, 5.74) is 0.982. The summed E-state index contributed by atoms with van der Waals surface area (Å²) < 4.78 is 28.0. The average Bonchev–Trinajstić information content (AvgIpc) is 2.69. The molecule has 6 heteroatoms. The molecule has 4 nitrogen and oxygen atoms in total. The van der Waals surface area contributed by atoms with Gasteiger partial charge in [-0.1, -0.05) is 11.6 Å². The Balaban J connectivity index is 1.88. The first-order valence-corrected chi connectivity index (χ1v) is 8.43. The van der Waals surface area contributed by atoms with Gasteiger partial charge in [-0.05, 0) is 37.1 Å². The van der Waals surface area contributed by atoms with E-state index in [0.29, 0.717) is 29.6 Å². The summed E-state index contributed by atoms with van der Waals surface area (Å²) in [6, 6.07) is 5.48. The Hall–Kier alpha value is -0.780. The maximum Gasteiger partial charge on any atom is 0.150 e. The van der Waals surface area contributed by atoms with Crippen molar-refractivity contribution in [1.29, 1.82) is 0 Å². The van der Waals surface area contributed by atoms with Gasteiger partial charge >= 0.3 is 0 Å². The third-order valence-electron chi connectivity index (χ3n) is 3.32. The van der Waals surface area contributed by atoms with E-state index in [4.69, 9.17) is 16.3 Å². The second-order valence-corrected chi connectivity index (χ2v) is 7.52. The first-order valence-electron chi connectivity index (χ1n) is 6.24. The van der Waals surface area contributed by atoms with Crippen molar-refractivity contribution in [1.82, 2.24) is 5.32 Å². The quantitative estimate of drug-likeness (QED) is 0.902. The van der Waals surface area contributed by atoms with Crippen molar-refractivity contribution in [2.45, 2.75) is 13.0 Å². The van der Waals surface area contributed by atoms with Crippen molar-refractivity contribution in [3.8, 4) is 5.75 Å². The van der Waals surface area contributed by atoms with Gasteiger partial charge in [-0.2, -0.15) is 0 Å². The van der Waals surface area contributed by atoms with Crippen molar-refractivity contribution in [3.05, 3.63) is 28.8 Å². The first-order chi connectivity index (χ1) is 9.00. The number of hydrogen-bond donors (Lipinski definition) is 1. The monoisotopic (exact) mass is 303 g/mol. The van der Waals surface area contributed by atoms with Crippen LogP contribution in [0.15, 0.2) is 18.2 Å². The Morgan fingerprint density at radius 2 is 2.26 bits per heavy atom. The smallest absolute Gasteiger partial charge is 0.150 e. The molecule has 1 atom stereocenters. The number of halogens is 1. The molecule has 0 saturated carbocycles. The maximum atomic E-state index is 11.4. The molecule has 2 rings (SSSR count). The van der Waals surface area contributed by atoms with Gasteiger partial charge in [-0.3, -0.25) is 0 Å². The number of sulfone groups is 1. The molecule has 1 aliphatic heterocycles. The standard InChI is InChI=1S/C13H18ClNO3S/c1-18-13-3-2-12(14)6-11(13)8-15-7-10-4-5-19(16,17)9-10/h2-3,6,10,15H,4-5,7-9H2,1H3. The third-order valence-corrected chi connectivity index (χ3v) is 5.39. The van der Waals surface area contributed by atoms with Gasteiger partial charge in [0.2, 0.25) is 0 Å². The molecule has 0 aromatic heterocycles. The highest BCUT2D eigenvalue weighted by Gasteiger charge is 2.27. The van der Waals surface area contributed by atoms with Crippen LogP contribution >= 0.6 is 11.6 Å². The zero-order valence-electron chi connectivity index (χ0n) is 10.9. The van der Waals surface area contributed by atoms with E-state index in [1.807, 2.05) is 12.1 Å². The SMILES string of the molecule is COc1ccc(Cl)cc1CNCC1CCS(=O)(=O)C1. The van der Waals surface area contributed by atoms with Gasteiger partial charge in [-0.25, -0.2) is 8.42 Å². The lowest BCUT2D eigenvalue weighted by Gasteiger charge is -2.12. The third kappa shape index (κ3) is 4.09. The fourth-order valence-corrected chi connectivity index (χ4v) is 4.39. The number of benzene rings is 1. The summed E-state index contributed by atoms with van der Waals surface area (Å²) >= 11 is 5.95. The molecule has 1 saturated heterocycles. The van der Waals surface area contributed by atoms with Crippen molar-refractivity contribution in [2.75, 3.05) is 25.2 Å². The fraction of sp³-hybridized carbons (Fsp3) is 0.538.